The lowest BCUT2D eigenvalue weighted by molar-refractivity contribution is 0.521. The largest absolute Gasteiger partial charge is 0.353 e. The number of hydrogen-bond donors (Lipinski definition) is 2. The summed E-state index contributed by atoms with van der Waals surface area (Å²) in [6, 6.07) is 10.9. The molecule has 0 radical (unpaired) electrons. The van der Waals surface area contributed by atoms with Crippen molar-refractivity contribution in [3.63, 3.8) is 0 Å². The SMILES string of the molecule is CN(C)S(=O)(=O)c1ccccc1Nc1c[nH]c2nccc(-c3ccsc3)c12. The molecule has 0 aliphatic heterocycles. The van der Waals surface area contributed by atoms with Gasteiger partial charge in [0.1, 0.15) is 10.5 Å². The van der Waals surface area contributed by atoms with Crippen molar-refractivity contribution in [1.82, 2.24) is 14.3 Å². The lowest BCUT2D eigenvalue weighted by atomic mass is 10.1. The Hall–Kier alpha value is -2.68. The number of rotatable bonds is 5. The molecule has 6 nitrogen and oxygen atoms in total. The van der Waals surface area contributed by atoms with Crippen LogP contribution >= 0.6 is 11.3 Å². The number of para-hydroxylation sites is 1. The minimum atomic E-state index is -3.57. The Morgan fingerprint density at radius 1 is 1.11 bits per heavy atom. The highest BCUT2D eigenvalue weighted by molar-refractivity contribution is 7.89. The zero-order valence-electron chi connectivity index (χ0n) is 14.8. The number of pyridine rings is 1. The summed E-state index contributed by atoms with van der Waals surface area (Å²) in [6.07, 6.45) is 3.58. The summed E-state index contributed by atoms with van der Waals surface area (Å²) in [5, 5.41) is 8.32. The molecule has 3 heterocycles. The van der Waals surface area contributed by atoms with E-state index < -0.39 is 10.0 Å². The summed E-state index contributed by atoms with van der Waals surface area (Å²) in [4.78, 5) is 7.78. The van der Waals surface area contributed by atoms with Crippen LogP contribution in [-0.4, -0.2) is 36.8 Å². The number of nitrogens with one attached hydrogen (secondary N) is 2. The molecule has 1 aromatic carbocycles. The average molecular weight is 399 g/mol. The van der Waals surface area contributed by atoms with Crippen LogP contribution in [0.5, 0.6) is 0 Å². The molecule has 0 bridgehead atoms. The molecule has 4 rings (SSSR count). The van der Waals surface area contributed by atoms with Crippen molar-refractivity contribution >= 4 is 43.8 Å². The number of anilines is 2. The lowest BCUT2D eigenvalue weighted by Gasteiger charge is -2.16. The van der Waals surface area contributed by atoms with Crippen LogP contribution in [0.3, 0.4) is 0 Å². The van der Waals surface area contributed by atoms with E-state index in [4.69, 9.17) is 0 Å². The Morgan fingerprint density at radius 3 is 2.67 bits per heavy atom. The third-order valence-corrected chi connectivity index (χ3v) is 6.88. The Balaban J connectivity index is 1.85. The predicted molar refractivity (Wildman–Crippen MR) is 110 cm³/mol. The quantitative estimate of drug-likeness (QED) is 0.526. The first-order valence-electron chi connectivity index (χ1n) is 8.26. The molecule has 0 saturated heterocycles. The maximum Gasteiger partial charge on any atom is 0.244 e. The molecule has 2 N–H and O–H groups in total. The molecule has 0 unspecified atom stereocenters. The first kappa shape index (κ1) is 17.7. The van der Waals surface area contributed by atoms with Crippen molar-refractivity contribution < 1.29 is 8.42 Å². The van der Waals surface area contributed by atoms with E-state index in [1.165, 1.54) is 18.4 Å². The smallest absolute Gasteiger partial charge is 0.244 e. The fourth-order valence-electron chi connectivity index (χ4n) is 2.95. The van der Waals surface area contributed by atoms with Gasteiger partial charge in [-0.2, -0.15) is 11.3 Å². The van der Waals surface area contributed by atoms with Crippen LogP contribution in [0.1, 0.15) is 0 Å². The zero-order chi connectivity index (χ0) is 19.0. The molecule has 138 valence electrons. The molecule has 0 aliphatic carbocycles. The second-order valence-corrected chi connectivity index (χ2v) is 9.11. The van der Waals surface area contributed by atoms with Crippen molar-refractivity contribution in [2.24, 2.45) is 0 Å². The number of fused-ring (bicyclic) bond motifs is 1. The maximum atomic E-state index is 12.7. The Morgan fingerprint density at radius 2 is 1.93 bits per heavy atom. The van der Waals surface area contributed by atoms with E-state index in [1.54, 1.807) is 35.7 Å². The summed E-state index contributed by atoms with van der Waals surface area (Å²) in [6.45, 7) is 0. The molecule has 3 aromatic heterocycles. The van der Waals surface area contributed by atoms with Gasteiger partial charge in [-0.15, -0.1) is 0 Å². The van der Waals surface area contributed by atoms with Crippen LogP contribution in [-0.2, 0) is 10.0 Å². The summed E-state index contributed by atoms with van der Waals surface area (Å²) in [7, 11) is -0.522. The summed E-state index contributed by atoms with van der Waals surface area (Å²) in [5.74, 6) is 0. The van der Waals surface area contributed by atoms with Crippen LogP contribution in [0, 0.1) is 0 Å². The summed E-state index contributed by atoms with van der Waals surface area (Å²) >= 11 is 1.63. The van der Waals surface area contributed by atoms with E-state index in [1.807, 2.05) is 23.7 Å². The fourth-order valence-corrected chi connectivity index (χ4v) is 4.65. The van der Waals surface area contributed by atoms with Crippen molar-refractivity contribution in [3.05, 3.63) is 59.6 Å². The van der Waals surface area contributed by atoms with Gasteiger partial charge in [0.15, 0.2) is 0 Å². The minimum absolute atomic E-state index is 0.227. The predicted octanol–water partition coefficient (Wildman–Crippen LogP) is 4.29. The molecular weight excluding hydrogens is 380 g/mol. The Labute approximate surface area is 161 Å². The number of aromatic nitrogens is 2. The van der Waals surface area contributed by atoms with Crippen LogP contribution in [0.25, 0.3) is 22.2 Å². The van der Waals surface area contributed by atoms with Gasteiger partial charge in [0.05, 0.1) is 16.8 Å². The molecule has 0 fully saturated rings. The number of benzene rings is 1. The Bertz CT molecular complexity index is 1200. The molecular formula is C19H18N4O2S2. The molecule has 27 heavy (non-hydrogen) atoms. The molecule has 0 aliphatic rings. The van der Waals surface area contributed by atoms with Gasteiger partial charge >= 0.3 is 0 Å². The number of nitrogens with zero attached hydrogens (tertiary/aromatic N) is 2. The van der Waals surface area contributed by atoms with Gasteiger partial charge in [0.25, 0.3) is 0 Å². The van der Waals surface area contributed by atoms with Crippen molar-refractivity contribution in [1.29, 1.82) is 0 Å². The van der Waals surface area contributed by atoms with E-state index in [-0.39, 0.29) is 4.90 Å². The fraction of sp³-hybridized carbons (Fsp3) is 0.105. The van der Waals surface area contributed by atoms with Crippen LogP contribution in [0.15, 0.2) is 64.4 Å². The van der Waals surface area contributed by atoms with Gasteiger partial charge in [0, 0.05) is 26.5 Å². The van der Waals surface area contributed by atoms with E-state index >= 15 is 0 Å². The number of hydrogen-bond acceptors (Lipinski definition) is 5. The highest BCUT2D eigenvalue weighted by Gasteiger charge is 2.22. The van der Waals surface area contributed by atoms with Gasteiger partial charge in [0.2, 0.25) is 10.0 Å². The minimum Gasteiger partial charge on any atom is -0.353 e. The van der Waals surface area contributed by atoms with Gasteiger partial charge in [-0.1, -0.05) is 12.1 Å². The maximum absolute atomic E-state index is 12.7. The summed E-state index contributed by atoms with van der Waals surface area (Å²) < 4.78 is 26.5. The average Bonchev–Trinajstić information content (AvgIpc) is 3.32. The van der Waals surface area contributed by atoms with E-state index in [2.05, 4.69) is 26.7 Å². The number of aromatic amines is 1. The third-order valence-electron chi connectivity index (χ3n) is 4.32. The molecule has 0 spiro atoms. The van der Waals surface area contributed by atoms with Gasteiger partial charge in [-0.05, 0) is 46.2 Å². The molecule has 0 saturated carbocycles. The van der Waals surface area contributed by atoms with Gasteiger partial charge in [-0.25, -0.2) is 17.7 Å². The number of thiophene rings is 1. The third kappa shape index (κ3) is 3.12. The summed E-state index contributed by atoms with van der Waals surface area (Å²) in [5.41, 5.74) is 4.18. The standard InChI is InChI=1S/C19H18N4O2S2/c1-23(2)27(24,25)17-6-4-3-5-15(17)22-16-11-21-19-18(16)14(7-9-20-19)13-8-10-26-12-13/h3-12,22H,1-2H3,(H,20,21). The zero-order valence-corrected chi connectivity index (χ0v) is 16.4. The van der Waals surface area contributed by atoms with Crippen LogP contribution < -0.4 is 5.32 Å². The first-order chi connectivity index (χ1) is 13.0. The van der Waals surface area contributed by atoms with Crippen molar-refractivity contribution in [2.45, 2.75) is 4.90 Å². The second-order valence-electron chi connectivity index (χ2n) is 6.21. The van der Waals surface area contributed by atoms with Crippen LogP contribution in [0.2, 0.25) is 0 Å². The number of sulfonamides is 1. The topological polar surface area (TPSA) is 78.1 Å². The normalized spacial score (nSPS) is 12.0. The molecule has 8 heteroatoms. The highest BCUT2D eigenvalue weighted by atomic mass is 32.2. The van der Waals surface area contributed by atoms with Gasteiger partial charge in [-0.3, -0.25) is 0 Å². The first-order valence-corrected chi connectivity index (χ1v) is 10.6. The number of H-pyrrole nitrogens is 1. The Kier molecular flexibility index (Phi) is 4.47. The van der Waals surface area contributed by atoms with E-state index in [0.717, 1.165) is 27.8 Å². The van der Waals surface area contributed by atoms with Crippen LogP contribution in [0.4, 0.5) is 11.4 Å². The highest BCUT2D eigenvalue weighted by Crippen LogP contribution is 2.36. The lowest BCUT2D eigenvalue weighted by Crippen LogP contribution is -2.23. The molecule has 0 amide bonds. The molecule has 4 aromatic rings. The van der Waals surface area contributed by atoms with E-state index in [9.17, 15) is 8.42 Å². The molecule has 0 atom stereocenters. The van der Waals surface area contributed by atoms with Crippen molar-refractivity contribution in [2.75, 3.05) is 19.4 Å². The van der Waals surface area contributed by atoms with Gasteiger partial charge < -0.3 is 10.3 Å². The van der Waals surface area contributed by atoms with E-state index in [0.29, 0.717) is 5.69 Å². The second kappa shape index (κ2) is 6.80. The monoisotopic (exact) mass is 398 g/mol. The van der Waals surface area contributed by atoms with Crippen molar-refractivity contribution in [3.8, 4) is 11.1 Å².